The van der Waals surface area contributed by atoms with E-state index in [0.29, 0.717) is 12.5 Å². The van der Waals surface area contributed by atoms with Crippen molar-refractivity contribution in [2.75, 3.05) is 18.1 Å². The van der Waals surface area contributed by atoms with Crippen molar-refractivity contribution in [1.82, 2.24) is 0 Å². The lowest BCUT2D eigenvalue weighted by Gasteiger charge is -2.32. The van der Waals surface area contributed by atoms with Crippen LogP contribution in [0.25, 0.3) is 0 Å². The fourth-order valence-electron chi connectivity index (χ4n) is 2.91. The third-order valence-electron chi connectivity index (χ3n) is 5.00. The topological polar surface area (TPSA) is 48.0 Å². The van der Waals surface area contributed by atoms with Gasteiger partial charge in [-0.05, 0) is 51.2 Å². The molecule has 24 heavy (non-hydrogen) atoms. The Morgan fingerprint density at radius 2 is 1.79 bits per heavy atom. The summed E-state index contributed by atoms with van der Waals surface area (Å²) >= 11 is 0. The minimum atomic E-state index is -0.446. The summed E-state index contributed by atoms with van der Waals surface area (Å²) in [5, 5.41) is 0. The number of amides is 1. The summed E-state index contributed by atoms with van der Waals surface area (Å²) in [5.74, 6) is 1.10. The maximum Gasteiger partial charge on any atom is 0.494 e. The number of rotatable bonds is 3. The second-order valence-corrected chi connectivity index (χ2v) is 8.00. The van der Waals surface area contributed by atoms with E-state index >= 15 is 0 Å². The predicted octanol–water partition coefficient (Wildman–Crippen LogP) is 2.37. The third-order valence-corrected chi connectivity index (χ3v) is 5.00. The summed E-state index contributed by atoms with van der Waals surface area (Å²) in [5.41, 5.74) is 0.918. The Hall–Kier alpha value is -1.53. The van der Waals surface area contributed by atoms with Crippen LogP contribution in [0.15, 0.2) is 18.2 Å². The fourth-order valence-corrected chi connectivity index (χ4v) is 2.91. The molecule has 1 aromatic rings. The van der Waals surface area contributed by atoms with Gasteiger partial charge in [-0.1, -0.05) is 19.9 Å². The zero-order valence-corrected chi connectivity index (χ0v) is 15.4. The van der Waals surface area contributed by atoms with E-state index in [1.807, 2.05) is 45.9 Å². The standard InChI is InChI=1S/C18H26BNO4/c1-12(2)10-20-14-9-13(7-8-15(14)22-11-16(20)21)19-23-17(3,4)18(5,6)24-19/h7-9,12H,10-11H2,1-6H3. The summed E-state index contributed by atoms with van der Waals surface area (Å²) in [6.45, 7) is 13.1. The quantitative estimate of drug-likeness (QED) is 0.798. The fraction of sp³-hybridized carbons (Fsp3) is 0.611. The molecule has 1 fully saturated rings. The zero-order chi connectivity index (χ0) is 17.7. The highest BCUT2D eigenvalue weighted by Gasteiger charge is 2.51. The van der Waals surface area contributed by atoms with E-state index in [1.54, 1.807) is 4.90 Å². The van der Waals surface area contributed by atoms with Crippen LogP contribution in [0.5, 0.6) is 5.75 Å². The van der Waals surface area contributed by atoms with Gasteiger partial charge in [-0.15, -0.1) is 0 Å². The summed E-state index contributed by atoms with van der Waals surface area (Å²) < 4.78 is 17.8. The van der Waals surface area contributed by atoms with Crippen LogP contribution in [-0.2, 0) is 14.1 Å². The number of hydrogen-bond donors (Lipinski definition) is 0. The molecule has 3 rings (SSSR count). The molecule has 0 spiro atoms. The number of fused-ring (bicyclic) bond motifs is 1. The van der Waals surface area contributed by atoms with E-state index in [1.165, 1.54) is 0 Å². The molecule has 5 nitrogen and oxygen atoms in total. The Labute approximate surface area is 144 Å². The van der Waals surface area contributed by atoms with Gasteiger partial charge >= 0.3 is 7.12 Å². The van der Waals surface area contributed by atoms with E-state index in [9.17, 15) is 4.79 Å². The zero-order valence-electron chi connectivity index (χ0n) is 15.4. The monoisotopic (exact) mass is 331 g/mol. The van der Waals surface area contributed by atoms with Crippen LogP contribution in [0.4, 0.5) is 5.69 Å². The van der Waals surface area contributed by atoms with Crippen molar-refractivity contribution in [3.8, 4) is 5.75 Å². The Bertz CT molecular complexity index is 640. The van der Waals surface area contributed by atoms with Gasteiger partial charge in [-0.25, -0.2) is 0 Å². The maximum absolute atomic E-state index is 12.3. The van der Waals surface area contributed by atoms with E-state index in [-0.39, 0.29) is 12.5 Å². The third kappa shape index (κ3) is 2.93. The normalized spacial score (nSPS) is 21.9. The molecule has 2 heterocycles. The lowest BCUT2D eigenvalue weighted by molar-refractivity contribution is -0.121. The molecule has 6 heteroatoms. The lowest BCUT2D eigenvalue weighted by Crippen LogP contribution is -2.42. The van der Waals surface area contributed by atoms with E-state index in [4.69, 9.17) is 14.0 Å². The molecule has 0 N–H and O–H groups in total. The van der Waals surface area contributed by atoms with Gasteiger partial charge in [-0.2, -0.15) is 0 Å². The average molecular weight is 331 g/mol. The highest BCUT2D eigenvalue weighted by molar-refractivity contribution is 6.62. The Morgan fingerprint density at radius 1 is 1.17 bits per heavy atom. The Morgan fingerprint density at radius 3 is 2.38 bits per heavy atom. The van der Waals surface area contributed by atoms with Crippen LogP contribution in [-0.4, -0.2) is 37.4 Å². The molecule has 0 radical (unpaired) electrons. The van der Waals surface area contributed by atoms with Crippen LogP contribution < -0.4 is 15.1 Å². The first kappa shape index (κ1) is 17.3. The highest BCUT2D eigenvalue weighted by Crippen LogP contribution is 2.38. The van der Waals surface area contributed by atoms with Gasteiger partial charge in [0.2, 0.25) is 0 Å². The molecule has 0 bridgehead atoms. The van der Waals surface area contributed by atoms with Gasteiger partial charge in [0, 0.05) is 6.54 Å². The molecule has 0 aliphatic carbocycles. The van der Waals surface area contributed by atoms with Gasteiger partial charge < -0.3 is 18.9 Å². The first-order valence-corrected chi connectivity index (χ1v) is 8.53. The summed E-state index contributed by atoms with van der Waals surface area (Å²) in [6.07, 6.45) is 0. The van der Waals surface area contributed by atoms with Crippen LogP contribution in [0, 0.1) is 5.92 Å². The maximum atomic E-state index is 12.3. The summed E-state index contributed by atoms with van der Waals surface area (Å²) in [6, 6.07) is 5.80. The largest absolute Gasteiger partial charge is 0.494 e. The van der Waals surface area contributed by atoms with Crippen LogP contribution >= 0.6 is 0 Å². The number of carbonyl (C=O) groups is 1. The van der Waals surface area contributed by atoms with Gasteiger partial charge in [-0.3, -0.25) is 4.79 Å². The Kier molecular flexibility index (Phi) is 4.17. The number of benzene rings is 1. The van der Waals surface area contributed by atoms with Crippen LogP contribution in [0.1, 0.15) is 41.5 Å². The second-order valence-electron chi connectivity index (χ2n) is 8.00. The number of ether oxygens (including phenoxy) is 1. The van der Waals surface area contributed by atoms with Crippen molar-refractivity contribution in [2.24, 2.45) is 5.92 Å². The van der Waals surface area contributed by atoms with Gasteiger partial charge in [0.05, 0.1) is 16.9 Å². The van der Waals surface area contributed by atoms with E-state index in [2.05, 4.69) is 13.8 Å². The first-order valence-electron chi connectivity index (χ1n) is 8.53. The second kappa shape index (κ2) is 5.78. The number of hydrogen-bond acceptors (Lipinski definition) is 4. The van der Waals surface area contributed by atoms with Crippen molar-refractivity contribution < 1.29 is 18.8 Å². The lowest BCUT2D eigenvalue weighted by atomic mass is 9.78. The van der Waals surface area contributed by atoms with Crippen molar-refractivity contribution in [3.63, 3.8) is 0 Å². The molecule has 0 atom stereocenters. The van der Waals surface area contributed by atoms with Crippen molar-refractivity contribution in [1.29, 1.82) is 0 Å². The number of nitrogens with zero attached hydrogens (tertiary/aromatic N) is 1. The average Bonchev–Trinajstić information content (AvgIpc) is 2.70. The molecule has 0 saturated carbocycles. The molecule has 1 amide bonds. The SMILES string of the molecule is CC(C)CN1C(=O)COc2ccc(B3OC(C)(C)C(C)(C)O3)cc21. The van der Waals surface area contributed by atoms with Crippen LogP contribution in [0.2, 0.25) is 0 Å². The van der Waals surface area contributed by atoms with Crippen LogP contribution in [0.3, 0.4) is 0 Å². The van der Waals surface area contributed by atoms with Crippen molar-refractivity contribution >= 4 is 24.2 Å². The molecule has 2 aliphatic heterocycles. The smallest absolute Gasteiger partial charge is 0.482 e. The number of anilines is 1. The molecule has 130 valence electrons. The van der Waals surface area contributed by atoms with Crippen molar-refractivity contribution in [2.45, 2.75) is 52.7 Å². The van der Waals surface area contributed by atoms with E-state index < -0.39 is 18.3 Å². The van der Waals surface area contributed by atoms with Gasteiger partial charge in [0.1, 0.15) is 5.75 Å². The minimum absolute atomic E-state index is 0.0118. The van der Waals surface area contributed by atoms with Gasteiger partial charge in [0.25, 0.3) is 5.91 Å². The predicted molar refractivity (Wildman–Crippen MR) is 94.8 cm³/mol. The summed E-state index contributed by atoms with van der Waals surface area (Å²) in [4.78, 5) is 14.1. The summed E-state index contributed by atoms with van der Waals surface area (Å²) in [7, 11) is -0.446. The molecular formula is C18H26BNO4. The Balaban J connectivity index is 1.93. The molecular weight excluding hydrogens is 305 g/mol. The first-order chi connectivity index (χ1) is 11.1. The highest BCUT2D eigenvalue weighted by atomic mass is 16.7. The molecule has 0 aromatic heterocycles. The molecule has 1 saturated heterocycles. The number of carbonyl (C=O) groups excluding carboxylic acids is 1. The van der Waals surface area contributed by atoms with E-state index in [0.717, 1.165) is 16.9 Å². The minimum Gasteiger partial charge on any atom is -0.482 e. The van der Waals surface area contributed by atoms with Crippen molar-refractivity contribution in [3.05, 3.63) is 18.2 Å². The van der Waals surface area contributed by atoms with Gasteiger partial charge in [0.15, 0.2) is 6.61 Å². The molecule has 2 aliphatic rings. The molecule has 0 unspecified atom stereocenters. The molecule has 1 aromatic carbocycles.